The van der Waals surface area contributed by atoms with Crippen LogP contribution in [0, 0.1) is 0 Å². The first-order valence-corrected chi connectivity index (χ1v) is 8.55. The lowest BCUT2D eigenvalue weighted by molar-refractivity contribution is -0.139. The molecule has 0 aliphatic carbocycles. The number of fused-ring (bicyclic) bond motifs is 1. The molecule has 8 heteroatoms. The van der Waals surface area contributed by atoms with E-state index in [4.69, 9.17) is 14.6 Å². The number of aromatic hydroxyl groups is 1. The van der Waals surface area contributed by atoms with Crippen LogP contribution in [0.25, 0.3) is 10.8 Å². The molecule has 0 aromatic heterocycles. The summed E-state index contributed by atoms with van der Waals surface area (Å²) >= 11 is 0. The van der Waals surface area contributed by atoms with E-state index in [1.54, 1.807) is 24.3 Å². The van der Waals surface area contributed by atoms with Gasteiger partial charge in [0.1, 0.15) is 5.75 Å². The number of benzene rings is 3. The van der Waals surface area contributed by atoms with Gasteiger partial charge in [-0.05, 0) is 46.7 Å². The first-order valence-electron chi connectivity index (χ1n) is 8.55. The second-order valence-electron chi connectivity index (χ2n) is 6.01. The van der Waals surface area contributed by atoms with Crippen LogP contribution in [0.3, 0.4) is 0 Å². The zero-order chi connectivity index (χ0) is 20.8. The summed E-state index contributed by atoms with van der Waals surface area (Å²) in [5.41, 5.74) is 3.06. The van der Waals surface area contributed by atoms with Crippen LogP contribution in [0.1, 0.15) is 15.9 Å². The largest absolute Gasteiger partial charge is 0.507 e. The Bertz CT molecular complexity index is 1090. The molecule has 0 spiro atoms. The van der Waals surface area contributed by atoms with Gasteiger partial charge >= 0.3 is 5.97 Å². The van der Waals surface area contributed by atoms with Gasteiger partial charge < -0.3 is 19.7 Å². The van der Waals surface area contributed by atoms with Crippen LogP contribution in [-0.2, 0) is 4.79 Å². The van der Waals surface area contributed by atoms with Gasteiger partial charge in [-0.2, -0.15) is 5.10 Å². The third kappa shape index (κ3) is 4.81. The molecule has 148 valence electrons. The Morgan fingerprint density at radius 2 is 1.79 bits per heavy atom. The highest BCUT2D eigenvalue weighted by atomic mass is 16.5. The second-order valence-corrected chi connectivity index (χ2v) is 6.01. The molecule has 0 atom stereocenters. The molecule has 1 amide bonds. The molecule has 0 unspecified atom stereocenters. The van der Waals surface area contributed by atoms with Gasteiger partial charge in [-0.3, -0.25) is 4.79 Å². The van der Waals surface area contributed by atoms with E-state index in [0.717, 1.165) is 10.8 Å². The summed E-state index contributed by atoms with van der Waals surface area (Å²) in [4.78, 5) is 23.0. The number of nitrogens with zero attached hydrogens (tertiary/aromatic N) is 1. The highest BCUT2D eigenvalue weighted by Gasteiger charge is 2.12. The molecule has 3 N–H and O–H groups in total. The van der Waals surface area contributed by atoms with E-state index in [-0.39, 0.29) is 17.1 Å². The summed E-state index contributed by atoms with van der Waals surface area (Å²) < 4.78 is 10.3. The number of hydrazone groups is 1. The minimum absolute atomic E-state index is 0.107. The average Bonchev–Trinajstić information content (AvgIpc) is 2.71. The summed E-state index contributed by atoms with van der Waals surface area (Å²) in [6, 6.07) is 15.2. The van der Waals surface area contributed by atoms with Crippen molar-refractivity contribution in [3.63, 3.8) is 0 Å². The van der Waals surface area contributed by atoms with Crippen LogP contribution in [-0.4, -0.2) is 42.0 Å². The van der Waals surface area contributed by atoms with Crippen molar-refractivity contribution in [3.8, 4) is 17.2 Å². The monoisotopic (exact) mass is 394 g/mol. The Kier molecular flexibility index (Phi) is 5.94. The van der Waals surface area contributed by atoms with Gasteiger partial charge in [-0.1, -0.05) is 24.3 Å². The van der Waals surface area contributed by atoms with Crippen molar-refractivity contribution in [2.24, 2.45) is 5.10 Å². The van der Waals surface area contributed by atoms with Crippen molar-refractivity contribution in [1.82, 2.24) is 5.43 Å². The quantitative estimate of drug-likeness (QED) is 0.419. The summed E-state index contributed by atoms with van der Waals surface area (Å²) in [6.45, 7) is -0.491. The van der Waals surface area contributed by atoms with Crippen LogP contribution in [0.2, 0.25) is 0 Å². The normalized spacial score (nSPS) is 10.8. The number of amides is 1. The summed E-state index contributed by atoms with van der Waals surface area (Å²) in [5.74, 6) is -1.20. The first kappa shape index (κ1) is 19.7. The minimum Gasteiger partial charge on any atom is -0.507 e. The number of hydrogen-bond acceptors (Lipinski definition) is 6. The van der Waals surface area contributed by atoms with E-state index in [2.05, 4.69) is 10.5 Å². The fraction of sp³-hybridized carbons (Fsp3) is 0.0952. The lowest BCUT2D eigenvalue weighted by Crippen LogP contribution is -2.17. The number of carbonyl (C=O) groups excluding carboxylic acids is 1. The molecular formula is C21H18N2O6. The molecule has 0 aliphatic rings. The van der Waals surface area contributed by atoms with E-state index in [9.17, 15) is 14.7 Å². The molecule has 3 aromatic rings. The van der Waals surface area contributed by atoms with Crippen molar-refractivity contribution >= 4 is 28.9 Å². The Hall–Kier alpha value is -4.07. The first-order chi connectivity index (χ1) is 14.0. The van der Waals surface area contributed by atoms with Gasteiger partial charge in [0, 0.05) is 0 Å². The number of hydrogen-bond donors (Lipinski definition) is 3. The Balaban J connectivity index is 1.71. The topological polar surface area (TPSA) is 117 Å². The van der Waals surface area contributed by atoms with Crippen LogP contribution < -0.4 is 14.9 Å². The minimum atomic E-state index is -1.10. The lowest BCUT2D eigenvalue weighted by atomic mass is 10.1. The molecule has 0 bridgehead atoms. The SMILES string of the molecule is COc1cc(/C=N/NC(=O)c2cc3ccccc3cc2O)ccc1OCC(=O)O. The second kappa shape index (κ2) is 8.75. The molecule has 0 aliphatic heterocycles. The predicted molar refractivity (Wildman–Crippen MR) is 107 cm³/mol. The highest BCUT2D eigenvalue weighted by Crippen LogP contribution is 2.27. The number of rotatable bonds is 7. The van der Waals surface area contributed by atoms with Gasteiger partial charge in [0.05, 0.1) is 18.9 Å². The third-order valence-corrected chi connectivity index (χ3v) is 4.03. The van der Waals surface area contributed by atoms with Crippen LogP contribution >= 0.6 is 0 Å². The highest BCUT2D eigenvalue weighted by molar-refractivity contribution is 6.01. The third-order valence-electron chi connectivity index (χ3n) is 4.03. The number of carbonyl (C=O) groups is 2. The van der Waals surface area contributed by atoms with Crippen molar-refractivity contribution in [2.45, 2.75) is 0 Å². The molecule has 0 saturated carbocycles. The number of carboxylic acids is 1. The lowest BCUT2D eigenvalue weighted by Gasteiger charge is -2.09. The van der Waals surface area contributed by atoms with Crippen molar-refractivity contribution in [1.29, 1.82) is 0 Å². The molecule has 29 heavy (non-hydrogen) atoms. The summed E-state index contributed by atoms with van der Waals surface area (Å²) in [5, 5.41) is 24.3. The fourth-order valence-corrected chi connectivity index (χ4v) is 2.66. The van der Waals surface area contributed by atoms with E-state index >= 15 is 0 Å². The maximum Gasteiger partial charge on any atom is 0.341 e. The zero-order valence-electron chi connectivity index (χ0n) is 15.5. The molecule has 0 fully saturated rings. The van der Waals surface area contributed by atoms with E-state index in [1.807, 2.05) is 24.3 Å². The molecule has 3 aromatic carbocycles. The number of carboxylic acid groups (broad SMARTS) is 1. The number of phenols is 1. The van der Waals surface area contributed by atoms with Gasteiger partial charge in [-0.25, -0.2) is 10.2 Å². The number of methoxy groups -OCH3 is 1. The van der Waals surface area contributed by atoms with Crippen molar-refractivity contribution < 1.29 is 29.3 Å². The van der Waals surface area contributed by atoms with E-state index in [1.165, 1.54) is 19.4 Å². The summed E-state index contributed by atoms with van der Waals surface area (Å²) in [7, 11) is 1.42. The molecule has 0 radical (unpaired) electrons. The van der Waals surface area contributed by atoms with E-state index < -0.39 is 18.5 Å². The van der Waals surface area contributed by atoms with Gasteiger partial charge in [0.25, 0.3) is 5.91 Å². The predicted octanol–water partition coefficient (Wildman–Crippen LogP) is 2.78. The van der Waals surface area contributed by atoms with Crippen LogP contribution in [0.15, 0.2) is 59.7 Å². The Labute approximate surface area is 166 Å². The number of nitrogens with one attached hydrogen (secondary N) is 1. The standard InChI is InChI=1S/C21H18N2O6/c1-28-19-8-13(6-7-18(19)29-12-20(25)26)11-22-23-21(27)16-9-14-4-2-3-5-15(14)10-17(16)24/h2-11,24H,12H2,1H3,(H,23,27)(H,25,26)/b22-11+. The fourth-order valence-electron chi connectivity index (χ4n) is 2.66. The molecule has 3 rings (SSSR count). The molecule has 8 nitrogen and oxygen atoms in total. The van der Waals surface area contributed by atoms with E-state index in [0.29, 0.717) is 11.3 Å². The van der Waals surface area contributed by atoms with Crippen LogP contribution in [0.4, 0.5) is 0 Å². The molecule has 0 heterocycles. The molecule has 0 saturated heterocycles. The zero-order valence-corrected chi connectivity index (χ0v) is 15.5. The number of aliphatic carboxylic acids is 1. The number of ether oxygens (including phenoxy) is 2. The van der Waals surface area contributed by atoms with Crippen molar-refractivity contribution in [3.05, 3.63) is 65.7 Å². The maximum atomic E-state index is 12.3. The smallest absolute Gasteiger partial charge is 0.341 e. The van der Waals surface area contributed by atoms with Gasteiger partial charge in [0.15, 0.2) is 18.1 Å². The summed E-state index contributed by atoms with van der Waals surface area (Å²) in [6.07, 6.45) is 1.39. The van der Waals surface area contributed by atoms with Crippen molar-refractivity contribution in [2.75, 3.05) is 13.7 Å². The van der Waals surface area contributed by atoms with Gasteiger partial charge in [-0.15, -0.1) is 0 Å². The maximum absolute atomic E-state index is 12.3. The average molecular weight is 394 g/mol. The number of phenolic OH excluding ortho intramolecular Hbond substituents is 1. The van der Waals surface area contributed by atoms with Crippen LogP contribution in [0.5, 0.6) is 17.2 Å². The van der Waals surface area contributed by atoms with Gasteiger partial charge in [0.2, 0.25) is 0 Å². The Morgan fingerprint density at radius 1 is 1.07 bits per heavy atom. The molecular weight excluding hydrogens is 376 g/mol. The Morgan fingerprint density at radius 3 is 2.48 bits per heavy atom.